The molecule has 120 valence electrons. The van der Waals surface area contributed by atoms with Crippen molar-refractivity contribution in [3.05, 3.63) is 46.9 Å². The van der Waals surface area contributed by atoms with E-state index in [0.717, 1.165) is 0 Å². The first-order chi connectivity index (χ1) is 10.9. The molecule has 0 unspecified atom stereocenters. The molecule has 0 saturated carbocycles. The zero-order valence-corrected chi connectivity index (χ0v) is 14.4. The molecular weight excluding hydrogens is 384 g/mol. The van der Waals surface area contributed by atoms with Gasteiger partial charge in [-0.05, 0) is 53.2 Å². The predicted molar refractivity (Wildman–Crippen MR) is 90.1 cm³/mol. The van der Waals surface area contributed by atoms with Crippen molar-refractivity contribution in [2.75, 3.05) is 10.0 Å². The molecule has 1 aliphatic heterocycles. The topological polar surface area (TPSA) is 84.5 Å². The highest BCUT2D eigenvalue weighted by Gasteiger charge is 2.24. The third-order valence-corrected chi connectivity index (χ3v) is 5.68. The summed E-state index contributed by atoms with van der Waals surface area (Å²) in [5, 5.41) is 2.68. The second-order valence-corrected chi connectivity index (χ2v) is 7.50. The van der Waals surface area contributed by atoms with Crippen molar-refractivity contribution in [2.24, 2.45) is 0 Å². The molecule has 0 fully saturated rings. The van der Waals surface area contributed by atoms with Crippen LogP contribution in [0.2, 0.25) is 0 Å². The van der Waals surface area contributed by atoms with Gasteiger partial charge in [0.2, 0.25) is 0 Å². The fraction of sp³-hybridized carbons (Fsp3) is 0.133. The van der Waals surface area contributed by atoms with Gasteiger partial charge in [0.15, 0.2) is 6.10 Å². The molecule has 0 radical (unpaired) electrons. The lowest BCUT2D eigenvalue weighted by Gasteiger charge is -2.23. The van der Waals surface area contributed by atoms with Crippen LogP contribution in [-0.2, 0) is 14.8 Å². The molecule has 0 aliphatic carbocycles. The van der Waals surface area contributed by atoms with Gasteiger partial charge < -0.3 is 10.1 Å². The molecule has 2 aromatic rings. The summed E-state index contributed by atoms with van der Waals surface area (Å²) in [6.45, 7) is 1.64. The maximum Gasteiger partial charge on any atom is 0.265 e. The number of anilines is 2. The van der Waals surface area contributed by atoms with Crippen LogP contribution >= 0.6 is 15.9 Å². The van der Waals surface area contributed by atoms with Crippen LogP contribution in [0.3, 0.4) is 0 Å². The number of rotatable bonds is 3. The molecule has 6 nitrogen and oxygen atoms in total. The van der Waals surface area contributed by atoms with Gasteiger partial charge in [0.1, 0.15) is 10.6 Å². The van der Waals surface area contributed by atoms with Crippen molar-refractivity contribution in [1.82, 2.24) is 0 Å². The number of ether oxygens (including phenoxy) is 1. The first-order valence-electron chi connectivity index (χ1n) is 6.76. The molecular formula is C15H13BrN2O4S. The molecule has 1 atom stereocenters. The molecule has 23 heavy (non-hydrogen) atoms. The largest absolute Gasteiger partial charge is 0.479 e. The van der Waals surface area contributed by atoms with E-state index in [1.54, 1.807) is 37.3 Å². The van der Waals surface area contributed by atoms with E-state index < -0.39 is 16.1 Å². The summed E-state index contributed by atoms with van der Waals surface area (Å²) < 4.78 is 33.3. The molecule has 3 rings (SSSR count). The second-order valence-electron chi connectivity index (χ2n) is 5.00. The molecule has 2 aromatic carbocycles. The molecule has 8 heteroatoms. The van der Waals surface area contributed by atoms with Gasteiger partial charge in [-0.3, -0.25) is 9.52 Å². The fourth-order valence-electron chi connectivity index (χ4n) is 2.15. The van der Waals surface area contributed by atoms with Crippen molar-refractivity contribution in [3.63, 3.8) is 0 Å². The number of hydrogen-bond donors (Lipinski definition) is 2. The maximum atomic E-state index is 12.4. The van der Waals surface area contributed by atoms with Gasteiger partial charge in [0.25, 0.3) is 15.9 Å². The van der Waals surface area contributed by atoms with Gasteiger partial charge >= 0.3 is 0 Å². The number of carbonyl (C=O) groups excluding carboxylic acids is 1. The zero-order valence-electron chi connectivity index (χ0n) is 12.0. The lowest BCUT2D eigenvalue weighted by molar-refractivity contribution is -0.122. The first kappa shape index (κ1) is 15.8. The number of fused-ring (bicyclic) bond motifs is 1. The number of nitrogens with one attached hydrogen (secondary N) is 2. The SMILES string of the molecule is C[C@H]1Oc2ccc(NS(=O)(=O)c3ccccc3Br)cc2NC1=O. The van der Waals surface area contributed by atoms with Crippen LogP contribution in [0.25, 0.3) is 0 Å². The Morgan fingerprint density at radius 3 is 2.70 bits per heavy atom. The number of carbonyl (C=O) groups is 1. The Hall–Kier alpha value is -2.06. The van der Waals surface area contributed by atoms with Crippen molar-refractivity contribution >= 4 is 43.2 Å². The van der Waals surface area contributed by atoms with Gasteiger partial charge in [-0.15, -0.1) is 0 Å². The summed E-state index contributed by atoms with van der Waals surface area (Å²) in [5.41, 5.74) is 0.762. The molecule has 0 spiro atoms. The minimum atomic E-state index is -3.75. The average Bonchev–Trinajstić information content (AvgIpc) is 2.48. The lowest BCUT2D eigenvalue weighted by Crippen LogP contribution is -2.34. The summed E-state index contributed by atoms with van der Waals surface area (Å²) in [7, 11) is -3.75. The van der Waals surface area contributed by atoms with Crippen LogP contribution in [0, 0.1) is 0 Å². The molecule has 0 aromatic heterocycles. The summed E-state index contributed by atoms with van der Waals surface area (Å²) in [5.74, 6) is 0.226. The van der Waals surface area contributed by atoms with Crippen LogP contribution in [-0.4, -0.2) is 20.4 Å². The number of benzene rings is 2. The molecule has 2 N–H and O–H groups in total. The number of halogens is 1. The van der Waals surface area contributed by atoms with Crippen molar-refractivity contribution < 1.29 is 17.9 Å². The minimum absolute atomic E-state index is 0.131. The number of sulfonamides is 1. The Bertz CT molecular complexity index is 883. The van der Waals surface area contributed by atoms with Crippen LogP contribution in [0.5, 0.6) is 5.75 Å². The van der Waals surface area contributed by atoms with E-state index in [-0.39, 0.29) is 10.8 Å². The normalized spacial score (nSPS) is 17.0. The highest BCUT2D eigenvalue weighted by molar-refractivity contribution is 9.10. The second kappa shape index (κ2) is 5.86. The minimum Gasteiger partial charge on any atom is -0.479 e. The van der Waals surface area contributed by atoms with Crippen molar-refractivity contribution in [1.29, 1.82) is 0 Å². The van der Waals surface area contributed by atoms with Crippen molar-refractivity contribution in [3.8, 4) is 5.75 Å². The molecule has 0 saturated heterocycles. The highest BCUT2D eigenvalue weighted by atomic mass is 79.9. The van der Waals surface area contributed by atoms with E-state index in [9.17, 15) is 13.2 Å². The molecule has 0 bridgehead atoms. The Balaban J connectivity index is 1.91. The summed E-state index contributed by atoms with van der Waals surface area (Å²) >= 11 is 3.22. The zero-order chi connectivity index (χ0) is 16.6. The molecule has 1 heterocycles. The van der Waals surface area contributed by atoms with E-state index in [2.05, 4.69) is 26.0 Å². The van der Waals surface area contributed by atoms with E-state index in [1.165, 1.54) is 12.1 Å². The van der Waals surface area contributed by atoms with Gasteiger partial charge in [0, 0.05) is 4.47 Å². The first-order valence-corrected chi connectivity index (χ1v) is 9.03. The Morgan fingerprint density at radius 1 is 1.22 bits per heavy atom. The van der Waals surface area contributed by atoms with E-state index in [1.807, 2.05) is 0 Å². The Kier molecular flexibility index (Phi) is 4.03. The average molecular weight is 397 g/mol. The Labute approximate surface area is 142 Å². The highest BCUT2D eigenvalue weighted by Crippen LogP contribution is 2.33. The number of amides is 1. The van der Waals surface area contributed by atoms with E-state index in [0.29, 0.717) is 21.6 Å². The molecule has 1 amide bonds. The number of hydrogen-bond acceptors (Lipinski definition) is 4. The lowest BCUT2D eigenvalue weighted by atomic mass is 10.2. The monoisotopic (exact) mass is 396 g/mol. The third-order valence-electron chi connectivity index (χ3n) is 3.29. The third kappa shape index (κ3) is 3.18. The van der Waals surface area contributed by atoms with E-state index >= 15 is 0 Å². The van der Waals surface area contributed by atoms with Crippen LogP contribution in [0.4, 0.5) is 11.4 Å². The smallest absolute Gasteiger partial charge is 0.265 e. The van der Waals surface area contributed by atoms with Gasteiger partial charge in [-0.2, -0.15) is 0 Å². The summed E-state index contributed by atoms with van der Waals surface area (Å²) in [6.07, 6.45) is -0.578. The predicted octanol–water partition coefficient (Wildman–Crippen LogP) is 2.97. The van der Waals surface area contributed by atoms with Gasteiger partial charge in [-0.25, -0.2) is 8.42 Å². The maximum absolute atomic E-state index is 12.4. The van der Waals surface area contributed by atoms with Gasteiger partial charge in [0.05, 0.1) is 11.4 Å². The Morgan fingerprint density at radius 2 is 1.96 bits per heavy atom. The van der Waals surface area contributed by atoms with Crippen molar-refractivity contribution in [2.45, 2.75) is 17.9 Å². The fourth-order valence-corrected chi connectivity index (χ4v) is 4.20. The van der Waals surface area contributed by atoms with Crippen LogP contribution in [0.1, 0.15) is 6.92 Å². The quantitative estimate of drug-likeness (QED) is 0.834. The standard InChI is InChI=1S/C15H13BrN2O4S/c1-9-15(19)17-12-8-10(6-7-13(12)22-9)18-23(20,21)14-5-3-2-4-11(14)16/h2-9,18H,1H3,(H,17,19)/t9-/m1/s1. The van der Waals surface area contributed by atoms with Gasteiger partial charge in [-0.1, -0.05) is 12.1 Å². The summed E-state index contributed by atoms with van der Waals surface area (Å²) in [6, 6.07) is 11.2. The van der Waals surface area contributed by atoms with Crippen LogP contribution in [0.15, 0.2) is 51.8 Å². The molecule has 1 aliphatic rings. The summed E-state index contributed by atoms with van der Waals surface area (Å²) in [4.78, 5) is 11.8. The van der Waals surface area contributed by atoms with Crippen LogP contribution < -0.4 is 14.8 Å². The van der Waals surface area contributed by atoms with E-state index in [4.69, 9.17) is 4.74 Å².